The molecule has 2 rings (SSSR count). The van der Waals surface area contributed by atoms with Crippen molar-refractivity contribution in [3.8, 4) is 5.75 Å². The number of rotatable bonds is 6. The van der Waals surface area contributed by atoms with E-state index in [1.54, 1.807) is 23.0 Å². The van der Waals surface area contributed by atoms with Crippen LogP contribution in [0.1, 0.15) is 17.3 Å². The molecule has 0 spiro atoms. The van der Waals surface area contributed by atoms with Crippen LogP contribution in [0.2, 0.25) is 0 Å². The fourth-order valence-electron chi connectivity index (χ4n) is 1.78. The Morgan fingerprint density at radius 3 is 2.95 bits per heavy atom. The zero-order chi connectivity index (χ0) is 14.4. The van der Waals surface area contributed by atoms with Gasteiger partial charge < -0.3 is 10.1 Å². The van der Waals surface area contributed by atoms with Gasteiger partial charge in [-0.15, -0.1) is 0 Å². The van der Waals surface area contributed by atoms with Crippen molar-refractivity contribution in [2.75, 3.05) is 13.2 Å². The van der Waals surface area contributed by atoms with Crippen LogP contribution in [-0.2, 0) is 6.54 Å². The fraction of sp³-hybridized carbons (Fsp3) is 0.286. The van der Waals surface area contributed by atoms with E-state index in [9.17, 15) is 4.79 Å². The Labute approximate surface area is 126 Å². The summed E-state index contributed by atoms with van der Waals surface area (Å²) in [7, 11) is 0. The van der Waals surface area contributed by atoms with E-state index in [1.807, 2.05) is 25.3 Å². The first kappa shape index (κ1) is 14.6. The van der Waals surface area contributed by atoms with Crippen LogP contribution in [0.25, 0.3) is 0 Å². The number of aromatic nitrogens is 2. The average molecular weight is 338 g/mol. The third-order valence-corrected chi connectivity index (χ3v) is 3.07. The summed E-state index contributed by atoms with van der Waals surface area (Å²) in [6, 6.07) is 7.22. The summed E-state index contributed by atoms with van der Waals surface area (Å²) in [5, 5.41) is 6.99. The second-order valence-electron chi connectivity index (χ2n) is 4.11. The Morgan fingerprint density at radius 2 is 2.25 bits per heavy atom. The predicted molar refractivity (Wildman–Crippen MR) is 79.9 cm³/mol. The Bertz CT molecular complexity index is 583. The van der Waals surface area contributed by atoms with E-state index in [-0.39, 0.29) is 5.91 Å². The fourth-order valence-corrected chi connectivity index (χ4v) is 2.10. The molecule has 1 aromatic heterocycles. The van der Waals surface area contributed by atoms with E-state index in [0.717, 1.165) is 4.47 Å². The Hall–Kier alpha value is -1.82. The van der Waals surface area contributed by atoms with E-state index in [1.165, 1.54) is 0 Å². The van der Waals surface area contributed by atoms with Crippen molar-refractivity contribution in [2.24, 2.45) is 0 Å². The molecule has 0 saturated heterocycles. The molecule has 0 atom stereocenters. The Balaban J connectivity index is 1.91. The van der Waals surface area contributed by atoms with Crippen LogP contribution in [0.4, 0.5) is 0 Å². The van der Waals surface area contributed by atoms with Crippen molar-refractivity contribution >= 4 is 21.8 Å². The van der Waals surface area contributed by atoms with Gasteiger partial charge in [0.1, 0.15) is 5.75 Å². The number of nitrogens with one attached hydrogen (secondary N) is 1. The second kappa shape index (κ2) is 7.09. The summed E-state index contributed by atoms with van der Waals surface area (Å²) in [6.07, 6.45) is 3.58. The highest BCUT2D eigenvalue weighted by Gasteiger charge is 2.11. The van der Waals surface area contributed by atoms with Gasteiger partial charge in [-0.05, 0) is 35.0 Å². The van der Waals surface area contributed by atoms with E-state index < -0.39 is 0 Å². The molecule has 1 heterocycles. The zero-order valence-electron chi connectivity index (χ0n) is 11.2. The van der Waals surface area contributed by atoms with E-state index in [0.29, 0.717) is 31.0 Å². The second-order valence-corrected chi connectivity index (χ2v) is 5.02. The minimum absolute atomic E-state index is 0.139. The lowest BCUT2D eigenvalue weighted by Gasteiger charge is -2.10. The lowest BCUT2D eigenvalue weighted by atomic mass is 10.2. The van der Waals surface area contributed by atoms with Crippen LogP contribution in [0.5, 0.6) is 5.75 Å². The van der Waals surface area contributed by atoms with Crippen LogP contribution >= 0.6 is 15.9 Å². The van der Waals surface area contributed by atoms with E-state index in [2.05, 4.69) is 26.3 Å². The van der Waals surface area contributed by atoms with Gasteiger partial charge in [0.25, 0.3) is 5.91 Å². The summed E-state index contributed by atoms with van der Waals surface area (Å²) in [6.45, 7) is 3.55. The number of hydrogen-bond acceptors (Lipinski definition) is 3. The van der Waals surface area contributed by atoms with Gasteiger partial charge in [-0.3, -0.25) is 9.48 Å². The van der Waals surface area contributed by atoms with Gasteiger partial charge in [-0.25, -0.2) is 0 Å². The first-order valence-electron chi connectivity index (χ1n) is 6.38. The number of hydrogen-bond donors (Lipinski definition) is 1. The number of carbonyl (C=O) groups excluding carboxylic acids is 1. The lowest BCUT2D eigenvalue weighted by Crippen LogP contribution is -2.27. The van der Waals surface area contributed by atoms with Crippen molar-refractivity contribution in [1.82, 2.24) is 15.1 Å². The zero-order valence-corrected chi connectivity index (χ0v) is 12.8. The minimum atomic E-state index is -0.139. The molecule has 5 nitrogen and oxygen atoms in total. The first-order valence-corrected chi connectivity index (χ1v) is 7.18. The van der Waals surface area contributed by atoms with Crippen molar-refractivity contribution < 1.29 is 9.53 Å². The molecule has 1 amide bonds. The highest BCUT2D eigenvalue weighted by Crippen LogP contribution is 2.17. The van der Waals surface area contributed by atoms with Crippen molar-refractivity contribution in [3.05, 3.63) is 46.7 Å². The highest BCUT2D eigenvalue weighted by atomic mass is 79.9. The molecule has 0 radical (unpaired) electrons. The van der Waals surface area contributed by atoms with Gasteiger partial charge in [0, 0.05) is 12.7 Å². The van der Waals surface area contributed by atoms with Crippen LogP contribution in [-0.4, -0.2) is 28.8 Å². The van der Waals surface area contributed by atoms with Gasteiger partial charge in [0.15, 0.2) is 0 Å². The molecule has 20 heavy (non-hydrogen) atoms. The van der Waals surface area contributed by atoms with Crippen LogP contribution in [0.3, 0.4) is 0 Å². The molecule has 0 saturated carbocycles. The smallest absolute Gasteiger partial charge is 0.255 e. The topological polar surface area (TPSA) is 56.1 Å². The standard InChI is InChI=1S/C14H16BrN3O2/c1-2-20-13-6-4-3-5-12(13)14(19)16-7-8-18-10-11(15)9-17-18/h3-6,9-10H,2,7-8H2,1H3,(H,16,19). The number of para-hydroxylation sites is 1. The van der Waals surface area contributed by atoms with Crippen molar-refractivity contribution in [3.63, 3.8) is 0 Å². The summed E-state index contributed by atoms with van der Waals surface area (Å²) < 4.78 is 8.13. The Morgan fingerprint density at radius 1 is 1.45 bits per heavy atom. The summed E-state index contributed by atoms with van der Waals surface area (Å²) in [5.41, 5.74) is 0.552. The van der Waals surface area contributed by atoms with Crippen molar-refractivity contribution in [1.29, 1.82) is 0 Å². The maximum Gasteiger partial charge on any atom is 0.255 e. The molecule has 1 N–H and O–H groups in total. The number of ether oxygens (including phenoxy) is 1. The lowest BCUT2D eigenvalue weighted by molar-refractivity contribution is 0.0948. The summed E-state index contributed by atoms with van der Waals surface area (Å²) in [5.74, 6) is 0.467. The van der Waals surface area contributed by atoms with Gasteiger partial charge >= 0.3 is 0 Å². The molecular weight excluding hydrogens is 322 g/mol. The molecule has 6 heteroatoms. The molecule has 0 aliphatic heterocycles. The van der Waals surface area contributed by atoms with Gasteiger partial charge in [0.2, 0.25) is 0 Å². The molecule has 0 aliphatic carbocycles. The Kier molecular flexibility index (Phi) is 5.17. The molecule has 0 fully saturated rings. The third kappa shape index (κ3) is 3.84. The molecule has 0 aliphatic rings. The van der Waals surface area contributed by atoms with Crippen molar-refractivity contribution in [2.45, 2.75) is 13.5 Å². The number of benzene rings is 1. The number of carbonyl (C=O) groups is 1. The number of nitrogens with zero attached hydrogens (tertiary/aromatic N) is 2. The quantitative estimate of drug-likeness (QED) is 0.880. The normalized spacial score (nSPS) is 10.3. The summed E-state index contributed by atoms with van der Waals surface area (Å²) in [4.78, 5) is 12.1. The number of amides is 1. The van der Waals surface area contributed by atoms with Crippen LogP contribution in [0.15, 0.2) is 41.1 Å². The van der Waals surface area contributed by atoms with Gasteiger partial charge in [-0.2, -0.15) is 5.10 Å². The molecule has 106 valence electrons. The first-order chi connectivity index (χ1) is 9.70. The SMILES string of the molecule is CCOc1ccccc1C(=O)NCCn1cc(Br)cn1. The predicted octanol–water partition coefficient (Wildman–Crippen LogP) is 2.47. The van der Waals surface area contributed by atoms with Gasteiger partial charge in [0.05, 0.1) is 29.4 Å². The number of halogens is 1. The summed E-state index contributed by atoms with van der Waals surface area (Å²) >= 11 is 3.33. The molecule has 0 bridgehead atoms. The van der Waals surface area contributed by atoms with Gasteiger partial charge in [-0.1, -0.05) is 12.1 Å². The maximum atomic E-state index is 12.1. The third-order valence-electron chi connectivity index (χ3n) is 2.66. The monoisotopic (exact) mass is 337 g/mol. The largest absolute Gasteiger partial charge is 0.493 e. The molecule has 2 aromatic rings. The van der Waals surface area contributed by atoms with Crippen LogP contribution < -0.4 is 10.1 Å². The average Bonchev–Trinajstić information content (AvgIpc) is 2.85. The van der Waals surface area contributed by atoms with Crippen LogP contribution in [0, 0.1) is 0 Å². The molecule has 0 unspecified atom stereocenters. The molecular formula is C14H16BrN3O2. The van der Waals surface area contributed by atoms with E-state index >= 15 is 0 Å². The van der Waals surface area contributed by atoms with E-state index in [4.69, 9.17) is 4.74 Å². The maximum absolute atomic E-state index is 12.1. The molecule has 1 aromatic carbocycles. The highest BCUT2D eigenvalue weighted by molar-refractivity contribution is 9.10. The minimum Gasteiger partial charge on any atom is -0.493 e.